The zero-order valence-corrected chi connectivity index (χ0v) is 12.4. The fourth-order valence-corrected chi connectivity index (χ4v) is 4.28. The molecule has 0 saturated heterocycles. The lowest BCUT2D eigenvalue weighted by molar-refractivity contribution is 0.0770. The SMILES string of the molecule is CC1CCCC(C(CN)N(C)C2CCCCC2)C1. The van der Waals surface area contributed by atoms with Crippen molar-refractivity contribution >= 4 is 0 Å². The topological polar surface area (TPSA) is 29.3 Å². The van der Waals surface area contributed by atoms with Crippen LogP contribution in [0.15, 0.2) is 0 Å². The molecule has 2 heteroatoms. The highest BCUT2D eigenvalue weighted by Crippen LogP contribution is 2.34. The molecule has 18 heavy (non-hydrogen) atoms. The van der Waals surface area contributed by atoms with Crippen molar-refractivity contribution in [2.45, 2.75) is 76.8 Å². The Morgan fingerprint density at radius 2 is 1.78 bits per heavy atom. The molecule has 2 nitrogen and oxygen atoms in total. The maximum Gasteiger partial charge on any atom is 0.0246 e. The fraction of sp³-hybridized carbons (Fsp3) is 1.00. The van der Waals surface area contributed by atoms with Gasteiger partial charge in [0.05, 0.1) is 0 Å². The van der Waals surface area contributed by atoms with Crippen LogP contribution in [0.4, 0.5) is 0 Å². The lowest BCUT2D eigenvalue weighted by Gasteiger charge is -2.42. The number of likely N-dealkylation sites (N-methyl/N-ethyl adjacent to an activating group) is 1. The molecule has 2 saturated carbocycles. The predicted octanol–water partition coefficient (Wildman–Crippen LogP) is 3.40. The molecule has 2 rings (SSSR count). The minimum atomic E-state index is 0.635. The molecule has 0 amide bonds. The Bertz CT molecular complexity index is 235. The second kappa shape index (κ2) is 6.91. The van der Waals surface area contributed by atoms with Gasteiger partial charge in [0.1, 0.15) is 0 Å². The lowest BCUT2D eigenvalue weighted by atomic mass is 9.77. The van der Waals surface area contributed by atoms with Crippen molar-refractivity contribution in [3.05, 3.63) is 0 Å². The van der Waals surface area contributed by atoms with Crippen molar-refractivity contribution in [1.82, 2.24) is 4.90 Å². The fourth-order valence-electron chi connectivity index (χ4n) is 4.28. The molecule has 0 bridgehead atoms. The maximum absolute atomic E-state index is 6.11. The molecule has 0 aromatic heterocycles. The smallest absolute Gasteiger partial charge is 0.0246 e. The summed E-state index contributed by atoms with van der Waals surface area (Å²) in [6.45, 7) is 3.27. The van der Waals surface area contributed by atoms with Crippen molar-refractivity contribution in [3.8, 4) is 0 Å². The van der Waals surface area contributed by atoms with Gasteiger partial charge < -0.3 is 5.73 Å². The van der Waals surface area contributed by atoms with Crippen LogP contribution in [0.1, 0.15) is 64.7 Å². The van der Waals surface area contributed by atoms with Crippen molar-refractivity contribution in [2.75, 3.05) is 13.6 Å². The second-order valence-electron chi connectivity index (χ2n) is 6.79. The third-order valence-electron chi connectivity index (χ3n) is 5.44. The van der Waals surface area contributed by atoms with Crippen LogP contribution in [-0.2, 0) is 0 Å². The van der Waals surface area contributed by atoms with Crippen molar-refractivity contribution in [1.29, 1.82) is 0 Å². The third-order valence-corrected chi connectivity index (χ3v) is 5.44. The standard InChI is InChI=1S/C16H32N2/c1-13-7-6-8-14(11-13)16(12-17)18(2)15-9-4-3-5-10-15/h13-16H,3-12,17H2,1-2H3. The number of nitrogens with zero attached hydrogens (tertiary/aromatic N) is 1. The quantitative estimate of drug-likeness (QED) is 0.831. The van der Waals surface area contributed by atoms with E-state index in [0.717, 1.165) is 24.4 Å². The Hall–Kier alpha value is -0.0800. The molecule has 2 N–H and O–H groups in total. The Morgan fingerprint density at radius 3 is 2.39 bits per heavy atom. The van der Waals surface area contributed by atoms with Crippen LogP contribution >= 0.6 is 0 Å². The molecule has 0 heterocycles. The monoisotopic (exact) mass is 252 g/mol. The van der Waals surface area contributed by atoms with E-state index in [9.17, 15) is 0 Å². The number of rotatable bonds is 4. The number of nitrogens with two attached hydrogens (primary N) is 1. The summed E-state index contributed by atoms with van der Waals surface area (Å²) in [6, 6.07) is 1.44. The first-order valence-electron chi connectivity index (χ1n) is 8.14. The van der Waals surface area contributed by atoms with Gasteiger partial charge in [-0.25, -0.2) is 0 Å². The zero-order chi connectivity index (χ0) is 13.0. The largest absolute Gasteiger partial charge is 0.329 e. The van der Waals surface area contributed by atoms with Gasteiger partial charge >= 0.3 is 0 Å². The summed E-state index contributed by atoms with van der Waals surface area (Å²) < 4.78 is 0. The molecule has 0 spiro atoms. The molecule has 0 aromatic rings. The van der Waals surface area contributed by atoms with Crippen LogP contribution in [0.25, 0.3) is 0 Å². The van der Waals surface area contributed by atoms with Gasteiger partial charge in [-0.15, -0.1) is 0 Å². The molecular weight excluding hydrogens is 220 g/mol. The minimum absolute atomic E-state index is 0.635. The highest BCUT2D eigenvalue weighted by atomic mass is 15.2. The summed E-state index contributed by atoms with van der Waals surface area (Å²) in [5.74, 6) is 1.77. The predicted molar refractivity (Wildman–Crippen MR) is 78.6 cm³/mol. The molecule has 0 aliphatic heterocycles. The van der Waals surface area contributed by atoms with Crippen molar-refractivity contribution in [3.63, 3.8) is 0 Å². The molecule has 106 valence electrons. The van der Waals surface area contributed by atoms with Crippen molar-refractivity contribution < 1.29 is 0 Å². The summed E-state index contributed by atoms with van der Waals surface area (Å²) in [5.41, 5.74) is 6.11. The molecular formula is C16H32N2. The summed E-state index contributed by atoms with van der Waals surface area (Å²) in [5, 5.41) is 0. The van der Waals surface area contributed by atoms with Crippen LogP contribution in [0.2, 0.25) is 0 Å². The average molecular weight is 252 g/mol. The Morgan fingerprint density at radius 1 is 1.06 bits per heavy atom. The highest BCUT2D eigenvalue weighted by Gasteiger charge is 2.31. The van der Waals surface area contributed by atoms with E-state index in [-0.39, 0.29) is 0 Å². The lowest BCUT2D eigenvalue weighted by Crippen LogP contribution is -2.49. The van der Waals surface area contributed by atoms with E-state index in [4.69, 9.17) is 5.73 Å². The first kappa shape index (κ1) is 14.3. The van der Waals surface area contributed by atoms with E-state index in [0.29, 0.717) is 6.04 Å². The van der Waals surface area contributed by atoms with E-state index in [1.165, 1.54) is 57.8 Å². The minimum Gasteiger partial charge on any atom is -0.329 e. The van der Waals surface area contributed by atoms with Gasteiger partial charge in [0.15, 0.2) is 0 Å². The van der Waals surface area contributed by atoms with Crippen LogP contribution < -0.4 is 5.73 Å². The Labute approximate surface area is 113 Å². The molecule has 2 fully saturated rings. The molecule has 3 atom stereocenters. The first-order valence-corrected chi connectivity index (χ1v) is 8.14. The average Bonchev–Trinajstić information content (AvgIpc) is 2.40. The van der Waals surface area contributed by atoms with E-state index >= 15 is 0 Å². The van der Waals surface area contributed by atoms with E-state index in [2.05, 4.69) is 18.9 Å². The van der Waals surface area contributed by atoms with E-state index in [1.54, 1.807) is 0 Å². The van der Waals surface area contributed by atoms with E-state index in [1.807, 2.05) is 0 Å². The third kappa shape index (κ3) is 3.48. The van der Waals surface area contributed by atoms with Gasteiger partial charge in [-0.3, -0.25) is 4.90 Å². The van der Waals surface area contributed by atoms with Crippen LogP contribution in [0.5, 0.6) is 0 Å². The first-order chi connectivity index (χ1) is 8.72. The van der Waals surface area contributed by atoms with Crippen LogP contribution in [0.3, 0.4) is 0 Å². The molecule has 0 radical (unpaired) electrons. The van der Waals surface area contributed by atoms with Gasteiger partial charge in [0.2, 0.25) is 0 Å². The molecule has 2 aliphatic rings. The van der Waals surface area contributed by atoms with Gasteiger partial charge in [0, 0.05) is 18.6 Å². The highest BCUT2D eigenvalue weighted by molar-refractivity contribution is 4.87. The van der Waals surface area contributed by atoms with Crippen LogP contribution in [-0.4, -0.2) is 30.6 Å². The zero-order valence-electron chi connectivity index (χ0n) is 12.4. The molecule has 0 aromatic carbocycles. The second-order valence-corrected chi connectivity index (χ2v) is 6.79. The summed E-state index contributed by atoms with van der Waals surface area (Å²) >= 11 is 0. The summed E-state index contributed by atoms with van der Waals surface area (Å²) in [4.78, 5) is 2.65. The number of hydrogen-bond donors (Lipinski definition) is 1. The van der Waals surface area contributed by atoms with Crippen molar-refractivity contribution in [2.24, 2.45) is 17.6 Å². The number of hydrogen-bond acceptors (Lipinski definition) is 2. The molecule has 3 unspecified atom stereocenters. The van der Waals surface area contributed by atoms with Gasteiger partial charge in [-0.2, -0.15) is 0 Å². The Kier molecular flexibility index (Phi) is 5.50. The summed E-state index contributed by atoms with van der Waals surface area (Å²) in [7, 11) is 2.34. The van der Waals surface area contributed by atoms with Crippen LogP contribution in [0, 0.1) is 11.8 Å². The summed E-state index contributed by atoms with van der Waals surface area (Å²) in [6.07, 6.45) is 12.7. The Balaban J connectivity index is 1.93. The van der Waals surface area contributed by atoms with Gasteiger partial charge in [0.25, 0.3) is 0 Å². The van der Waals surface area contributed by atoms with E-state index < -0.39 is 0 Å². The van der Waals surface area contributed by atoms with Gasteiger partial charge in [-0.05, 0) is 44.6 Å². The maximum atomic E-state index is 6.11. The molecule has 2 aliphatic carbocycles. The van der Waals surface area contributed by atoms with Gasteiger partial charge in [-0.1, -0.05) is 39.0 Å². The normalized spacial score (nSPS) is 32.7.